The standard InChI is InChI=1S/C12H6BBr2F2N3S/c14-9-3-1-7-11(12-18-5-6-21-12)8-2-4-10(15)20(8)13(16,17)19(7)9/h1-6H. The maximum Gasteiger partial charge on any atom is 0.738 e. The zero-order valence-electron chi connectivity index (χ0n) is 10.3. The van der Waals surface area contributed by atoms with E-state index in [1.807, 2.05) is 5.38 Å². The van der Waals surface area contributed by atoms with Gasteiger partial charge >= 0.3 is 6.97 Å². The fourth-order valence-corrected chi connectivity index (χ4v) is 4.54. The van der Waals surface area contributed by atoms with Crippen LogP contribution in [0.1, 0.15) is 10.7 Å². The van der Waals surface area contributed by atoms with Crippen molar-refractivity contribution in [2.75, 3.05) is 0 Å². The molecule has 2 aromatic rings. The minimum atomic E-state index is -3.95. The van der Waals surface area contributed by atoms with Crippen LogP contribution in [0.3, 0.4) is 0 Å². The minimum absolute atomic E-state index is 0.350. The number of rotatable bonds is 1. The van der Waals surface area contributed by atoms with Crippen LogP contribution in [0, 0.1) is 0 Å². The van der Waals surface area contributed by atoms with Gasteiger partial charge < -0.3 is 17.6 Å². The molecule has 0 spiro atoms. The number of halogens is 4. The molecule has 2 aromatic heterocycles. The average Bonchev–Trinajstić information content (AvgIpc) is 3.11. The number of nitrogens with zero attached hydrogens (tertiary/aromatic N) is 3. The number of thiazole rings is 1. The minimum Gasteiger partial charge on any atom is -0.389 e. The van der Waals surface area contributed by atoms with E-state index in [0.717, 1.165) is 14.0 Å². The lowest BCUT2D eigenvalue weighted by atomic mass is 9.89. The number of hydrogen-bond acceptors (Lipinski definition) is 2. The van der Waals surface area contributed by atoms with E-state index in [1.54, 1.807) is 30.5 Å². The molecule has 0 unspecified atom stereocenters. The fraction of sp³-hybridized carbons (Fsp3) is 0. The highest BCUT2D eigenvalue weighted by atomic mass is 79.9. The molecule has 0 N–H and O–H groups in total. The second kappa shape index (κ2) is 4.47. The Hall–Kier alpha value is -1.06. The van der Waals surface area contributed by atoms with Gasteiger partial charge in [0.1, 0.15) is 5.01 Å². The Kier molecular flexibility index (Phi) is 2.89. The molecule has 0 fully saturated rings. The van der Waals surface area contributed by atoms with E-state index in [0.29, 0.717) is 26.2 Å². The number of allylic oxidation sites excluding steroid dienone is 2. The van der Waals surface area contributed by atoms with Gasteiger partial charge in [0, 0.05) is 45.4 Å². The quantitative estimate of drug-likeness (QED) is 0.622. The monoisotopic (exact) mass is 431 g/mol. The third-order valence-corrected chi connectivity index (χ3v) is 5.60. The van der Waals surface area contributed by atoms with Gasteiger partial charge in [-0.25, -0.2) is 4.98 Å². The van der Waals surface area contributed by atoms with Crippen molar-refractivity contribution in [1.82, 2.24) is 9.46 Å². The molecular weight excluding hydrogens is 427 g/mol. The number of aromatic nitrogens is 2. The fourth-order valence-electron chi connectivity index (χ4n) is 2.70. The molecule has 0 saturated heterocycles. The molecule has 4 heterocycles. The Labute approximate surface area is 139 Å². The van der Waals surface area contributed by atoms with Gasteiger partial charge in [0.05, 0.1) is 10.2 Å². The first-order chi connectivity index (χ1) is 10.0. The van der Waals surface area contributed by atoms with Crippen molar-refractivity contribution in [3.8, 4) is 0 Å². The molecule has 2 aliphatic heterocycles. The summed E-state index contributed by atoms with van der Waals surface area (Å²) in [5.74, 6) is 0. The lowest BCUT2D eigenvalue weighted by Gasteiger charge is -2.31. The van der Waals surface area contributed by atoms with Gasteiger partial charge in [-0.1, -0.05) is 0 Å². The van der Waals surface area contributed by atoms with Gasteiger partial charge in [-0.15, -0.1) is 11.3 Å². The molecule has 0 atom stereocenters. The lowest BCUT2D eigenvalue weighted by Crippen LogP contribution is -2.50. The SMILES string of the molecule is F[B-]1(F)n2c(Br)ccc2C(c2nccs2)=C2C=CC(Br)=[N+]21. The van der Waals surface area contributed by atoms with Gasteiger partial charge in [0.25, 0.3) is 0 Å². The molecule has 0 aromatic carbocycles. The summed E-state index contributed by atoms with van der Waals surface area (Å²) < 4.78 is 32.6. The summed E-state index contributed by atoms with van der Waals surface area (Å²) in [6, 6.07) is 3.33. The molecule has 3 nitrogen and oxygen atoms in total. The van der Waals surface area contributed by atoms with Crippen molar-refractivity contribution >= 4 is 60.4 Å². The largest absolute Gasteiger partial charge is 0.738 e. The first-order valence-electron chi connectivity index (χ1n) is 6.05. The zero-order valence-corrected chi connectivity index (χ0v) is 14.3. The van der Waals surface area contributed by atoms with E-state index in [-0.39, 0.29) is 0 Å². The van der Waals surface area contributed by atoms with Gasteiger partial charge in [0.15, 0.2) is 5.70 Å². The maximum absolute atomic E-state index is 14.9. The Bertz CT molecular complexity index is 852. The topological polar surface area (TPSA) is 20.8 Å². The van der Waals surface area contributed by atoms with E-state index >= 15 is 0 Å². The van der Waals surface area contributed by atoms with Crippen molar-refractivity contribution in [3.63, 3.8) is 0 Å². The van der Waals surface area contributed by atoms with Crippen LogP contribution in [-0.2, 0) is 0 Å². The Morgan fingerprint density at radius 3 is 2.76 bits per heavy atom. The van der Waals surface area contributed by atoms with E-state index in [2.05, 4.69) is 36.8 Å². The third-order valence-electron chi connectivity index (χ3n) is 3.52. The Balaban J connectivity index is 2.14. The summed E-state index contributed by atoms with van der Waals surface area (Å²) in [6.45, 7) is -3.95. The van der Waals surface area contributed by atoms with Crippen LogP contribution in [0.5, 0.6) is 0 Å². The highest BCUT2D eigenvalue weighted by Crippen LogP contribution is 2.42. The van der Waals surface area contributed by atoms with Gasteiger partial charge in [-0.3, -0.25) is 0 Å². The summed E-state index contributed by atoms with van der Waals surface area (Å²) in [5.41, 5.74) is 1.66. The molecule has 0 aliphatic carbocycles. The molecule has 9 heteroatoms. The molecule has 0 amide bonds. The van der Waals surface area contributed by atoms with Crippen molar-refractivity contribution in [3.05, 3.63) is 56.9 Å². The second-order valence-electron chi connectivity index (χ2n) is 4.62. The molecular formula is C12H6BBr2F2N3S. The van der Waals surface area contributed by atoms with Crippen molar-refractivity contribution in [2.45, 2.75) is 0 Å². The first-order valence-corrected chi connectivity index (χ1v) is 8.52. The summed E-state index contributed by atoms with van der Waals surface area (Å²) in [5, 5.41) is 2.56. The van der Waals surface area contributed by atoms with Crippen LogP contribution in [0.25, 0.3) is 5.57 Å². The summed E-state index contributed by atoms with van der Waals surface area (Å²) in [7, 11) is 0. The van der Waals surface area contributed by atoms with Crippen LogP contribution < -0.4 is 0 Å². The van der Waals surface area contributed by atoms with E-state index in [4.69, 9.17) is 0 Å². The van der Waals surface area contributed by atoms with E-state index in [1.165, 1.54) is 11.3 Å². The second-order valence-corrected chi connectivity index (χ2v) is 7.14. The molecule has 21 heavy (non-hydrogen) atoms. The van der Waals surface area contributed by atoms with Crippen LogP contribution in [0.15, 0.2) is 46.2 Å². The van der Waals surface area contributed by atoms with E-state index in [9.17, 15) is 8.63 Å². The average molecular weight is 433 g/mol. The summed E-state index contributed by atoms with van der Waals surface area (Å²) in [6.07, 6.45) is 5.01. The normalized spacial score (nSPS) is 19.2. The van der Waals surface area contributed by atoms with Crippen LogP contribution >= 0.6 is 43.2 Å². The van der Waals surface area contributed by atoms with Crippen LogP contribution in [-0.4, -0.2) is 25.5 Å². The van der Waals surface area contributed by atoms with Gasteiger partial charge in [-0.05, 0) is 28.1 Å². The Morgan fingerprint density at radius 2 is 2.05 bits per heavy atom. The number of fused-ring (bicyclic) bond motifs is 2. The molecule has 0 radical (unpaired) electrons. The molecule has 2 aliphatic rings. The lowest BCUT2D eigenvalue weighted by molar-refractivity contribution is -0.358. The van der Waals surface area contributed by atoms with Crippen LogP contribution in [0.2, 0.25) is 0 Å². The number of hydrogen-bond donors (Lipinski definition) is 0. The first kappa shape index (κ1) is 13.6. The maximum atomic E-state index is 14.9. The van der Waals surface area contributed by atoms with Crippen molar-refractivity contribution in [2.24, 2.45) is 0 Å². The zero-order chi connectivity index (χ0) is 14.8. The predicted molar refractivity (Wildman–Crippen MR) is 87.0 cm³/mol. The Morgan fingerprint density at radius 1 is 1.24 bits per heavy atom. The smallest absolute Gasteiger partial charge is 0.389 e. The summed E-state index contributed by atoms with van der Waals surface area (Å²) >= 11 is 7.88. The summed E-state index contributed by atoms with van der Waals surface area (Å²) in [4.78, 5) is 4.29. The van der Waals surface area contributed by atoms with Gasteiger partial charge in [0.2, 0.25) is 4.62 Å². The third kappa shape index (κ3) is 1.74. The van der Waals surface area contributed by atoms with Crippen molar-refractivity contribution in [1.29, 1.82) is 0 Å². The predicted octanol–water partition coefficient (Wildman–Crippen LogP) is 4.08. The highest BCUT2D eigenvalue weighted by molar-refractivity contribution is 9.18. The molecule has 106 valence electrons. The van der Waals surface area contributed by atoms with Gasteiger partial charge in [-0.2, -0.15) is 0 Å². The molecule has 0 saturated carbocycles. The molecule has 0 bridgehead atoms. The molecule has 4 rings (SSSR count). The van der Waals surface area contributed by atoms with E-state index < -0.39 is 6.97 Å². The highest BCUT2D eigenvalue weighted by Gasteiger charge is 2.54. The van der Waals surface area contributed by atoms with Crippen LogP contribution in [0.4, 0.5) is 8.63 Å². The van der Waals surface area contributed by atoms with Crippen molar-refractivity contribution < 1.29 is 13.1 Å².